The minimum Gasteiger partial charge on any atom is -0.347 e. The Balaban J connectivity index is 2.27. The van der Waals surface area contributed by atoms with Crippen molar-refractivity contribution in [3.8, 4) is 11.4 Å². The van der Waals surface area contributed by atoms with Gasteiger partial charge in [0, 0.05) is 5.56 Å². The van der Waals surface area contributed by atoms with Gasteiger partial charge in [0.25, 0.3) is 5.56 Å². The van der Waals surface area contributed by atoms with E-state index in [-0.39, 0.29) is 5.69 Å². The molecule has 2 N–H and O–H groups in total. The minimum atomic E-state index is -1.16. The number of hydrogen-bond acceptors (Lipinski definition) is 4. The predicted molar refractivity (Wildman–Crippen MR) is 89.0 cm³/mol. The SMILES string of the molecule is CCC(NC(=O)C(C)(C)CF)c1nnc(-c2ccccc2)[nH]c1=O. The van der Waals surface area contributed by atoms with E-state index in [1.165, 1.54) is 13.8 Å². The summed E-state index contributed by atoms with van der Waals surface area (Å²) in [6.45, 7) is 4.02. The van der Waals surface area contributed by atoms with Gasteiger partial charge in [0.2, 0.25) is 5.91 Å². The molecular formula is C17H21FN4O2. The number of amides is 1. The van der Waals surface area contributed by atoms with Gasteiger partial charge in [-0.3, -0.25) is 9.59 Å². The molecule has 0 radical (unpaired) electrons. The van der Waals surface area contributed by atoms with E-state index in [1.54, 1.807) is 6.92 Å². The number of aromatic nitrogens is 3. The van der Waals surface area contributed by atoms with Gasteiger partial charge in [-0.15, -0.1) is 10.2 Å². The van der Waals surface area contributed by atoms with Crippen molar-refractivity contribution in [3.05, 3.63) is 46.4 Å². The highest BCUT2D eigenvalue weighted by molar-refractivity contribution is 5.82. The Morgan fingerprint density at radius 3 is 2.50 bits per heavy atom. The Morgan fingerprint density at radius 2 is 1.96 bits per heavy atom. The summed E-state index contributed by atoms with van der Waals surface area (Å²) in [6.07, 6.45) is 0.441. The van der Waals surface area contributed by atoms with Crippen LogP contribution in [0.5, 0.6) is 0 Å². The molecule has 0 aliphatic carbocycles. The molecule has 0 aliphatic rings. The highest BCUT2D eigenvalue weighted by Crippen LogP contribution is 2.19. The van der Waals surface area contributed by atoms with E-state index in [0.29, 0.717) is 12.2 Å². The van der Waals surface area contributed by atoms with E-state index in [9.17, 15) is 14.0 Å². The van der Waals surface area contributed by atoms with Gasteiger partial charge in [-0.2, -0.15) is 0 Å². The molecule has 0 saturated carbocycles. The molecule has 2 aromatic rings. The number of halogens is 1. The molecule has 2 rings (SSSR count). The monoisotopic (exact) mass is 332 g/mol. The van der Waals surface area contributed by atoms with Crippen molar-refractivity contribution in [2.45, 2.75) is 33.2 Å². The maximum Gasteiger partial charge on any atom is 0.275 e. The Labute approximate surface area is 139 Å². The van der Waals surface area contributed by atoms with Crippen molar-refractivity contribution in [1.82, 2.24) is 20.5 Å². The van der Waals surface area contributed by atoms with E-state index in [0.717, 1.165) is 5.56 Å². The van der Waals surface area contributed by atoms with Crippen LogP contribution in [0.4, 0.5) is 4.39 Å². The second-order valence-corrected chi connectivity index (χ2v) is 6.21. The maximum absolute atomic E-state index is 12.9. The first kappa shape index (κ1) is 17.8. The maximum atomic E-state index is 12.9. The van der Waals surface area contributed by atoms with E-state index in [1.807, 2.05) is 30.3 Å². The molecule has 0 aliphatic heterocycles. The zero-order valence-electron chi connectivity index (χ0n) is 14.0. The van der Waals surface area contributed by atoms with E-state index in [4.69, 9.17) is 0 Å². The third kappa shape index (κ3) is 3.84. The van der Waals surface area contributed by atoms with Crippen LogP contribution < -0.4 is 10.9 Å². The second kappa shape index (κ2) is 7.33. The van der Waals surface area contributed by atoms with E-state index < -0.39 is 29.6 Å². The smallest absolute Gasteiger partial charge is 0.275 e. The van der Waals surface area contributed by atoms with Crippen LogP contribution in [-0.4, -0.2) is 27.8 Å². The molecular weight excluding hydrogens is 311 g/mol. The van der Waals surface area contributed by atoms with Crippen molar-refractivity contribution < 1.29 is 9.18 Å². The summed E-state index contributed by atoms with van der Waals surface area (Å²) in [6, 6.07) is 8.52. The Kier molecular flexibility index (Phi) is 5.43. The van der Waals surface area contributed by atoms with Crippen molar-refractivity contribution in [2.24, 2.45) is 5.41 Å². The third-order valence-electron chi connectivity index (χ3n) is 3.76. The molecule has 1 atom stereocenters. The number of alkyl halides is 1. The largest absolute Gasteiger partial charge is 0.347 e. The molecule has 1 heterocycles. The lowest BCUT2D eigenvalue weighted by atomic mass is 9.93. The normalized spacial score (nSPS) is 12.7. The fourth-order valence-electron chi connectivity index (χ4n) is 2.08. The summed E-state index contributed by atoms with van der Waals surface area (Å²) in [5, 5.41) is 10.7. The number of aromatic amines is 1. The Hall–Kier alpha value is -2.57. The fourth-order valence-corrected chi connectivity index (χ4v) is 2.08. The lowest BCUT2D eigenvalue weighted by Crippen LogP contribution is -2.42. The fraction of sp³-hybridized carbons (Fsp3) is 0.412. The summed E-state index contributed by atoms with van der Waals surface area (Å²) in [4.78, 5) is 27.1. The molecule has 0 bridgehead atoms. The Morgan fingerprint density at radius 1 is 1.29 bits per heavy atom. The van der Waals surface area contributed by atoms with Gasteiger partial charge >= 0.3 is 0 Å². The van der Waals surface area contributed by atoms with E-state index in [2.05, 4.69) is 20.5 Å². The average Bonchev–Trinajstić information content (AvgIpc) is 2.60. The van der Waals surface area contributed by atoms with Gasteiger partial charge in [-0.05, 0) is 20.3 Å². The van der Waals surface area contributed by atoms with Gasteiger partial charge in [0.15, 0.2) is 11.5 Å². The summed E-state index contributed by atoms with van der Waals surface area (Å²) >= 11 is 0. The molecule has 6 nitrogen and oxygen atoms in total. The first-order valence-corrected chi connectivity index (χ1v) is 7.78. The van der Waals surface area contributed by atoms with Gasteiger partial charge in [0.1, 0.15) is 6.67 Å². The number of nitrogens with one attached hydrogen (secondary N) is 2. The van der Waals surface area contributed by atoms with Crippen LogP contribution in [0.15, 0.2) is 35.1 Å². The summed E-state index contributed by atoms with van der Waals surface area (Å²) in [5.74, 6) is -0.111. The molecule has 1 aromatic carbocycles. The summed E-state index contributed by atoms with van der Waals surface area (Å²) < 4.78 is 12.9. The van der Waals surface area contributed by atoms with E-state index >= 15 is 0 Å². The number of carbonyl (C=O) groups excluding carboxylic acids is 1. The highest BCUT2D eigenvalue weighted by atomic mass is 19.1. The second-order valence-electron chi connectivity index (χ2n) is 6.21. The number of carbonyl (C=O) groups is 1. The number of benzene rings is 1. The van der Waals surface area contributed by atoms with Gasteiger partial charge in [-0.1, -0.05) is 37.3 Å². The van der Waals surface area contributed by atoms with Crippen LogP contribution in [-0.2, 0) is 4.79 Å². The van der Waals surface area contributed by atoms with Crippen LogP contribution >= 0.6 is 0 Å². The third-order valence-corrected chi connectivity index (χ3v) is 3.76. The Bertz CT molecular complexity index is 759. The van der Waals surface area contributed by atoms with Crippen LogP contribution in [0.1, 0.15) is 38.9 Å². The van der Waals surface area contributed by atoms with Gasteiger partial charge < -0.3 is 10.3 Å². The number of hydrogen-bond donors (Lipinski definition) is 2. The average molecular weight is 332 g/mol. The minimum absolute atomic E-state index is 0.111. The molecule has 0 saturated heterocycles. The number of nitrogens with zero attached hydrogens (tertiary/aromatic N) is 2. The molecule has 7 heteroatoms. The lowest BCUT2D eigenvalue weighted by Gasteiger charge is -2.23. The standard InChI is InChI=1S/C17H21FN4O2/c1-4-12(19-16(24)17(2,3)10-18)13-15(23)20-14(22-21-13)11-8-6-5-7-9-11/h5-9,12H,4,10H2,1-3H3,(H,19,24)(H,20,22,23). The predicted octanol–water partition coefficient (Wildman–Crippen LogP) is 2.39. The topological polar surface area (TPSA) is 87.7 Å². The quantitative estimate of drug-likeness (QED) is 0.850. The molecule has 0 spiro atoms. The van der Waals surface area contributed by atoms with Crippen LogP contribution in [0, 0.1) is 5.41 Å². The van der Waals surface area contributed by atoms with Crippen molar-refractivity contribution in [1.29, 1.82) is 0 Å². The molecule has 1 aromatic heterocycles. The zero-order chi connectivity index (χ0) is 17.7. The summed E-state index contributed by atoms with van der Waals surface area (Å²) in [7, 11) is 0. The molecule has 1 amide bonds. The highest BCUT2D eigenvalue weighted by Gasteiger charge is 2.30. The van der Waals surface area contributed by atoms with Crippen LogP contribution in [0.3, 0.4) is 0 Å². The molecule has 0 fully saturated rings. The first-order chi connectivity index (χ1) is 11.4. The van der Waals surface area contributed by atoms with Gasteiger partial charge in [0.05, 0.1) is 11.5 Å². The van der Waals surface area contributed by atoms with Crippen molar-refractivity contribution >= 4 is 5.91 Å². The first-order valence-electron chi connectivity index (χ1n) is 7.78. The molecule has 24 heavy (non-hydrogen) atoms. The van der Waals surface area contributed by atoms with Crippen molar-refractivity contribution in [3.63, 3.8) is 0 Å². The van der Waals surface area contributed by atoms with Crippen LogP contribution in [0.25, 0.3) is 11.4 Å². The summed E-state index contributed by atoms with van der Waals surface area (Å²) in [5.41, 5.74) is -0.726. The number of H-pyrrole nitrogens is 1. The zero-order valence-corrected chi connectivity index (χ0v) is 14.0. The molecule has 128 valence electrons. The van der Waals surface area contributed by atoms with Crippen LogP contribution in [0.2, 0.25) is 0 Å². The van der Waals surface area contributed by atoms with Crippen molar-refractivity contribution in [2.75, 3.05) is 6.67 Å². The molecule has 1 unspecified atom stereocenters. The number of rotatable bonds is 6. The van der Waals surface area contributed by atoms with Gasteiger partial charge in [-0.25, -0.2) is 4.39 Å². The lowest BCUT2D eigenvalue weighted by molar-refractivity contribution is -0.131.